The largest absolute Gasteiger partial charge is 0.409 e. The summed E-state index contributed by atoms with van der Waals surface area (Å²) in [6.45, 7) is 0.816. The second-order valence-electron chi connectivity index (χ2n) is 4.41. The van der Waals surface area contributed by atoms with Gasteiger partial charge in [-0.05, 0) is 36.2 Å². The smallest absolute Gasteiger partial charge is 0.170 e. The Labute approximate surface area is 117 Å². The van der Waals surface area contributed by atoms with E-state index < -0.39 is 0 Å². The highest BCUT2D eigenvalue weighted by molar-refractivity contribution is 5.97. The molecule has 0 radical (unpaired) electrons. The number of likely N-dealkylation sites (N-methyl/N-ethyl adjacent to an activating group) is 1. The number of rotatable bonds is 5. The second kappa shape index (κ2) is 6.51. The third-order valence-electron chi connectivity index (χ3n) is 3.03. The van der Waals surface area contributed by atoms with Crippen LogP contribution < -0.4 is 10.6 Å². The summed E-state index contributed by atoms with van der Waals surface area (Å²) in [5.41, 5.74) is 7.44. The molecule has 0 aliphatic carbocycles. The molecule has 0 aliphatic heterocycles. The summed E-state index contributed by atoms with van der Waals surface area (Å²) in [5, 5.41) is 11.7. The summed E-state index contributed by atoms with van der Waals surface area (Å²) in [4.78, 5) is 10.3. The zero-order valence-electron chi connectivity index (χ0n) is 11.3. The predicted molar refractivity (Wildman–Crippen MR) is 78.0 cm³/mol. The normalized spacial score (nSPS) is 11.3. The molecule has 2 rings (SSSR count). The lowest BCUT2D eigenvalue weighted by Gasteiger charge is -2.18. The van der Waals surface area contributed by atoms with Crippen molar-refractivity contribution in [3.63, 3.8) is 0 Å². The fraction of sp³-hybridized carbons (Fsp3) is 0.214. The third-order valence-corrected chi connectivity index (χ3v) is 3.03. The van der Waals surface area contributed by atoms with Gasteiger partial charge in [-0.3, -0.25) is 4.98 Å². The monoisotopic (exact) mass is 271 g/mol. The van der Waals surface area contributed by atoms with Crippen LogP contribution in [-0.4, -0.2) is 34.6 Å². The van der Waals surface area contributed by atoms with Gasteiger partial charge in [-0.25, -0.2) is 4.98 Å². The van der Waals surface area contributed by atoms with Crippen molar-refractivity contribution >= 4 is 11.7 Å². The van der Waals surface area contributed by atoms with Crippen LogP contribution in [0.3, 0.4) is 0 Å². The summed E-state index contributed by atoms with van der Waals surface area (Å²) in [5.74, 6) is 0.860. The maximum Gasteiger partial charge on any atom is 0.170 e. The first kappa shape index (κ1) is 13.8. The van der Waals surface area contributed by atoms with E-state index in [0.29, 0.717) is 5.56 Å². The van der Waals surface area contributed by atoms with Gasteiger partial charge in [-0.15, -0.1) is 0 Å². The van der Waals surface area contributed by atoms with Gasteiger partial charge in [0, 0.05) is 37.7 Å². The first-order chi connectivity index (χ1) is 9.70. The second-order valence-corrected chi connectivity index (χ2v) is 4.41. The summed E-state index contributed by atoms with van der Waals surface area (Å²) < 4.78 is 0. The zero-order chi connectivity index (χ0) is 14.4. The minimum Gasteiger partial charge on any atom is -0.409 e. The van der Waals surface area contributed by atoms with Crippen LogP contribution in [0, 0.1) is 0 Å². The minimum absolute atomic E-state index is 0.0798. The Morgan fingerprint density at radius 1 is 1.30 bits per heavy atom. The van der Waals surface area contributed by atoms with Crippen LogP contribution in [0.4, 0.5) is 5.82 Å². The molecule has 0 amide bonds. The number of pyridine rings is 2. The number of aromatic nitrogens is 2. The molecule has 6 heteroatoms. The maximum absolute atomic E-state index is 8.69. The first-order valence-electron chi connectivity index (χ1n) is 6.24. The van der Waals surface area contributed by atoms with Crippen molar-refractivity contribution in [3.8, 4) is 0 Å². The molecule has 0 fully saturated rings. The number of amidine groups is 1. The Hall–Kier alpha value is -2.63. The lowest BCUT2D eigenvalue weighted by atomic mass is 10.2. The number of anilines is 1. The molecule has 0 saturated heterocycles. The van der Waals surface area contributed by atoms with Crippen molar-refractivity contribution in [1.29, 1.82) is 0 Å². The molecule has 2 aromatic heterocycles. The SMILES string of the molecule is CN(CCc1ccncc1)c1cc(C(N)=NO)ccn1. The van der Waals surface area contributed by atoms with Crippen LogP contribution in [0.2, 0.25) is 0 Å². The van der Waals surface area contributed by atoms with Crippen molar-refractivity contribution in [3.05, 3.63) is 54.0 Å². The van der Waals surface area contributed by atoms with Crippen LogP contribution in [0.15, 0.2) is 48.0 Å². The third kappa shape index (κ3) is 3.44. The molecule has 20 heavy (non-hydrogen) atoms. The highest BCUT2D eigenvalue weighted by Gasteiger charge is 2.06. The Morgan fingerprint density at radius 3 is 2.75 bits per heavy atom. The summed E-state index contributed by atoms with van der Waals surface area (Å²) in [6.07, 6.45) is 6.11. The van der Waals surface area contributed by atoms with Crippen LogP contribution in [0.5, 0.6) is 0 Å². The number of hydrogen-bond donors (Lipinski definition) is 2. The lowest BCUT2D eigenvalue weighted by molar-refractivity contribution is 0.318. The number of nitrogens with zero attached hydrogens (tertiary/aromatic N) is 4. The van der Waals surface area contributed by atoms with Crippen molar-refractivity contribution in [1.82, 2.24) is 9.97 Å². The minimum atomic E-state index is 0.0798. The van der Waals surface area contributed by atoms with Gasteiger partial charge in [0.05, 0.1) is 0 Å². The van der Waals surface area contributed by atoms with Gasteiger partial charge in [-0.1, -0.05) is 5.16 Å². The average Bonchev–Trinajstić information content (AvgIpc) is 2.53. The number of hydrogen-bond acceptors (Lipinski definition) is 5. The van der Waals surface area contributed by atoms with E-state index in [2.05, 4.69) is 15.1 Å². The Bertz CT molecular complexity index is 585. The van der Waals surface area contributed by atoms with Gasteiger partial charge in [0.2, 0.25) is 0 Å². The summed E-state index contributed by atoms with van der Waals surface area (Å²) in [6, 6.07) is 7.49. The maximum atomic E-state index is 8.69. The van der Waals surface area contributed by atoms with E-state index >= 15 is 0 Å². The fourth-order valence-corrected chi connectivity index (χ4v) is 1.81. The molecule has 0 aromatic carbocycles. The molecule has 0 aliphatic rings. The molecular weight excluding hydrogens is 254 g/mol. The van der Waals surface area contributed by atoms with E-state index in [1.165, 1.54) is 5.56 Å². The van der Waals surface area contributed by atoms with Crippen molar-refractivity contribution < 1.29 is 5.21 Å². The van der Waals surface area contributed by atoms with E-state index in [1.54, 1.807) is 30.7 Å². The molecule has 6 nitrogen and oxygen atoms in total. The summed E-state index contributed by atoms with van der Waals surface area (Å²) >= 11 is 0. The van der Waals surface area contributed by atoms with Crippen LogP contribution in [0.1, 0.15) is 11.1 Å². The number of oxime groups is 1. The molecule has 104 valence electrons. The van der Waals surface area contributed by atoms with Gasteiger partial charge >= 0.3 is 0 Å². The Kier molecular flexibility index (Phi) is 4.49. The Morgan fingerprint density at radius 2 is 2.05 bits per heavy atom. The molecule has 2 heterocycles. The molecule has 0 spiro atoms. The van der Waals surface area contributed by atoms with Crippen LogP contribution >= 0.6 is 0 Å². The van der Waals surface area contributed by atoms with E-state index in [-0.39, 0.29) is 5.84 Å². The molecule has 2 aromatic rings. The highest BCUT2D eigenvalue weighted by atomic mass is 16.4. The van der Waals surface area contributed by atoms with E-state index in [4.69, 9.17) is 10.9 Å². The average molecular weight is 271 g/mol. The Balaban J connectivity index is 2.04. The topological polar surface area (TPSA) is 87.6 Å². The zero-order valence-corrected chi connectivity index (χ0v) is 11.3. The molecule has 0 atom stereocenters. The first-order valence-corrected chi connectivity index (χ1v) is 6.24. The lowest BCUT2D eigenvalue weighted by Crippen LogP contribution is -2.22. The van der Waals surface area contributed by atoms with E-state index in [0.717, 1.165) is 18.8 Å². The van der Waals surface area contributed by atoms with E-state index in [9.17, 15) is 0 Å². The standard InChI is InChI=1S/C14H17N5O/c1-19(9-5-11-2-6-16-7-3-11)13-10-12(4-8-17-13)14(15)18-20/h2-4,6-8,10,20H,5,9H2,1H3,(H2,15,18). The number of nitrogens with two attached hydrogens (primary N) is 1. The molecule has 3 N–H and O–H groups in total. The predicted octanol–water partition coefficient (Wildman–Crippen LogP) is 1.25. The van der Waals surface area contributed by atoms with E-state index in [1.807, 2.05) is 24.1 Å². The van der Waals surface area contributed by atoms with Crippen LogP contribution in [-0.2, 0) is 6.42 Å². The molecule has 0 unspecified atom stereocenters. The van der Waals surface area contributed by atoms with Gasteiger partial charge < -0.3 is 15.8 Å². The molecule has 0 saturated carbocycles. The van der Waals surface area contributed by atoms with Gasteiger partial charge in [0.25, 0.3) is 0 Å². The summed E-state index contributed by atoms with van der Waals surface area (Å²) in [7, 11) is 1.96. The fourth-order valence-electron chi connectivity index (χ4n) is 1.81. The molecule has 0 bridgehead atoms. The molecular formula is C14H17N5O. The van der Waals surface area contributed by atoms with Crippen molar-refractivity contribution in [2.75, 3.05) is 18.5 Å². The van der Waals surface area contributed by atoms with Crippen LogP contribution in [0.25, 0.3) is 0 Å². The van der Waals surface area contributed by atoms with Crippen molar-refractivity contribution in [2.24, 2.45) is 10.9 Å². The van der Waals surface area contributed by atoms with Gasteiger partial charge in [0.1, 0.15) is 5.82 Å². The van der Waals surface area contributed by atoms with Gasteiger partial charge in [-0.2, -0.15) is 0 Å². The quantitative estimate of drug-likeness (QED) is 0.370. The van der Waals surface area contributed by atoms with Gasteiger partial charge in [0.15, 0.2) is 5.84 Å². The van der Waals surface area contributed by atoms with Crippen molar-refractivity contribution in [2.45, 2.75) is 6.42 Å². The highest BCUT2D eigenvalue weighted by Crippen LogP contribution is 2.12.